The largest absolute Gasteiger partial charge is 0.461 e. The van der Waals surface area contributed by atoms with E-state index in [4.69, 9.17) is 8.83 Å². The van der Waals surface area contributed by atoms with Crippen molar-refractivity contribution < 1.29 is 8.83 Å². The molecule has 2 aromatic carbocycles. The van der Waals surface area contributed by atoms with Crippen LogP contribution in [0.25, 0.3) is 21.9 Å². The lowest BCUT2D eigenvalue weighted by Gasteiger charge is -2.01. The van der Waals surface area contributed by atoms with E-state index in [2.05, 4.69) is 63.1 Å². The molecule has 0 aliphatic carbocycles. The van der Waals surface area contributed by atoms with E-state index in [1.807, 2.05) is 6.07 Å². The fraction of sp³-hybridized carbons (Fsp3) is 0.250. The second kappa shape index (κ2) is 7.06. The minimum absolute atomic E-state index is 0.796. The standard InChI is InChI=1S/C24H22N4O2/c1-2-17(24-27-9-10-28-24)14-22-15(1)12-19(30-22)4-5-20-13-18-11-16(3-6-21(18)29-20)23-25-7-8-26-23/h1-3,6,11-14H,4-5,7-10H2,(H,25,26)(H,27,28). The van der Waals surface area contributed by atoms with Crippen molar-refractivity contribution in [3.63, 3.8) is 0 Å². The van der Waals surface area contributed by atoms with E-state index in [9.17, 15) is 0 Å². The molecular formula is C24H22N4O2. The molecule has 6 nitrogen and oxygen atoms in total. The number of hydrogen-bond acceptors (Lipinski definition) is 6. The Kier molecular flexibility index (Phi) is 4.08. The Morgan fingerprint density at radius 3 is 2.00 bits per heavy atom. The fourth-order valence-electron chi connectivity index (χ4n) is 4.15. The first-order valence-electron chi connectivity index (χ1n) is 10.4. The highest BCUT2D eigenvalue weighted by Gasteiger charge is 2.13. The number of furan rings is 2. The van der Waals surface area contributed by atoms with Gasteiger partial charge in [-0.25, -0.2) is 0 Å². The summed E-state index contributed by atoms with van der Waals surface area (Å²) in [6.45, 7) is 3.49. The molecule has 0 radical (unpaired) electrons. The first-order valence-corrected chi connectivity index (χ1v) is 10.4. The molecule has 0 saturated heterocycles. The zero-order chi connectivity index (χ0) is 19.9. The smallest absolute Gasteiger partial charge is 0.135 e. The van der Waals surface area contributed by atoms with Gasteiger partial charge in [0.2, 0.25) is 0 Å². The molecule has 0 fully saturated rings. The number of hydrogen-bond donors (Lipinski definition) is 2. The fourth-order valence-corrected chi connectivity index (χ4v) is 4.15. The van der Waals surface area contributed by atoms with Crippen molar-refractivity contribution in [3.05, 3.63) is 71.2 Å². The maximum Gasteiger partial charge on any atom is 0.135 e. The Morgan fingerprint density at radius 1 is 0.667 bits per heavy atom. The van der Waals surface area contributed by atoms with E-state index in [0.29, 0.717) is 0 Å². The highest BCUT2D eigenvalue weighted by Crippen LogP contribution is 2.25. The topological polar surface area (TPSA) is 75.1 Å². The van der Waals surface area contributed by atoms with Crippen LogP contribution in [0.2, 0.25) is 0 Å². The van der Waals surface area contributed by atoms with Gasteiger partial charge in [-0.1, -0.05) is 12.1 Å². The van der Waals surface area contributed by atoms with Gasteiger partial charge < -0.3 is 19.5 Å². The summed E-state index contributed by atoms with van der Waals surface area (Å²) in [6, 6.07) is 16.7. The van der Waals surface area contributed by atoms with Crippen molar-refractivity contribution >= 4 is 33.6 Å². The number of benzene rings is 2. The molecule has 0 saturated carbocycles. The van der Waals surface area contributed by atoms with Crippen LogP contribution in [0.3, 0.4) is 0 Å². The minimum atomic E-state index is 0.796. The lowest BCUT2D eigenvalue weighted by Crippen LogP contribution is -2.19. The minimum Gasteiger partial charge on any atom is -0.461 e. The predicted molar refractivity (Wildman–Crippen MR) is 119 cm³/mol. The van der Waals surface area contributed by atoms with Crippen molar-refractivity contribution in [1.82, 2.24) is 10.6 Å². The molecule has 0 amide bonds. The molecule has 30 heavy (non-hydrogen) atoms. The van der Waals surface area contributed by atoms with Gasteiger partial charge in [-0.15, -0.1) is 0 Å². The summed E-state index contributed by atoms with van der Waals surface area (Å²) in [4.78, 5) is 8.99. The molecule has 150 valence electrons. The monoisotopic (exact) mass is 398 g/mol. The van der Waals surface area contributed by atoms with Gasteiger partial charge in [0.05, 0.1) is 13.1 Å². The number of aryl methyl sites for hydroxylation is 2. The van der Waals surface area contributed by atoms with Crippen LogP contribution in [0.15, 0.2) is 67.4 Å². The van der Waals surface area contributed by atoms with Crippen LogP contribution in [0.4, 0.5) is 0 Å². The third-order valence-electron chi connectivity index (χ3n) is 5.65. The lowest BCUT2D eigenvalue weighted by molar-refractivity contribution is 0.510. The first-order chi connectivity index (χ1) is 14.8. The SMILES string of the molecule is c1cc2oc(CCc3cc4ccc(C5=NCCN5)cc4o3)cc2cc1C1=NCCN1. The highest BCUT2D eigenvalue weighted by molar-refractivity contribution is 6.03. The summed E-state index contributed by atoms with van der Waals surface area (Å²) >= 11 is 0. The van der Waals surface area contributed by atoms with Crippen molar-refractivity contribution in [2.45, 2.75) is 12.8 Å². The number of rotatable bonds is 5. The Labute approximate surface area is 173 Å². The Hall–Kier alpha value is -3.54. The van der Waals surface area contributed by atoms with Crippen LogP contribution in [-0.4, -0.2) is 37.9 Å². The Morgan fingerprint density at radius 2 is 1.30 bits per heavy atom. The van der Waals surface area contributed by atoms with Gasteiger partial charge in [-0.2, -0.15) is 0 Å². The molecular weight excluding hydrogens is 376 g/mol. The van der Waals surface area contributed by atoms with Crippen LogP contribution in [0.5, 0.6) is 0 Å². The van der Waals surface area contributed by atoms with Gasteiger partial charge in [0, 0.05) is 47.8 Å². The van der Waals surface area contributed by atoms with Gasteiger partial charge in [-0.05, 0) is 36.4 Å². The zero-order valence-electron chi connectivity index (χ0n) is 16.6. The molecule has 0 unspecified atom stereocenters. The third kappa shape index (κ3) is 3.14. The van der Waals surface area contributed by atoms with Crippen molar-refractivity contribution in [1.29, 1.82) is 0 Å². The second-order valence-corrected chi connectivity index (χ2v) is 7.74. The lowest BCUT2D eigenvalue weighted by atomic mass is 10.1. The maximum atomic E-state index is 6.10. The first kappa shape index (κ1) is 17.3. The summed E-state index contributed by atoms with van der Waals surface area (Å²) in [5, 5.41) is 8.86. The number of aliphatic imine (C=N–C) groups is 2. The van der Waals surface area contributed by atoms with Crippen molar-refractivity contribution in [3.8, 4) is 0 Å². The van der Waals surface area contributed by atoms with Crippen LogP contribution >= 0.6 is 0 Å². The number of amidine groups is 2. The number of fused-ring (bicyclic) bond motifs is 2. The van der Waals surface area contributed by atoms with E-state index in [-0.39, 0.29) is 0 Å². The third-order valence-corrected chi connectivity index (χ3v) is 5.65. The summed E-state index contributed by atoms with van der Waals surface area (Å²) in [7, 11) is 0. The average molecular weight is 398 g/mol. The van der Waals surface area contributed by atoms with Crippen molar-refractivity contribution in [2.75, 3.05) is 26.2 Å². The maximum absolute atomic E-state index is 6.10. The molecule has 6 rings (SSSR count). The molecule has 0 spiro atoms. The molecule has 2 aliphatic rings. The molecule has 4 aromatic rings. The highest BCUT2D eigenvalue weighted by atomic mass is 16.3. The Bertz CT molecular complexity index is 1210. The van der Waals surface area contributed by atoms with Crippen LogP contribution in [0.1, 0.15) is 22.6 Å². The van der Waals surface area contributed by atoms with E-state index in [0.717, 1.165) is 95.3 Å². The summed E-state index contributed by atoms with van der Waals surface area (Å²) in [6.07, 6.45) is 1.59. The van der Waals surface area contributed by atoms with Gasteiger partial charge in [0.25, 0.3) is 0 Å². The molecule has 4 heterocycles. The zero-order valence-corrected chi connectivity index (χ0v) is 16.6. The second-order valence-electron chi connectivity index (χ2n) is 7.74. The number of nitrogens with one attached hydrogen (secondary N) is 2. The predicted octanol–water partition coefficient (Wildman–Crippen LogP) is 3.66. The van der Waals surface area contributed by atoms with Gasteiger partial charge in [-0.3, -0.25) is 9.98 Å². The molecule has 6 heteroatoms. The summed E-state index contributed by atoms with van der Waals surface area (Å²) in [5.41, 5.74) is 4.00. The van der Waals surface area contributed by atoms with Crippen LogP contribution in [0, 0.1) is 0 Å². The van der Waals surface area contributed by atoms with E-state index in [1.165, 1.54) is 0 Å². The molecule has 0 atom stereocenters. The number of nitrogens with zero attached hydrogens (tertiary/aromatic N) is 2. The van der Waals surface area contributed by atoms with Crippen molar-refractivity contribution in [2.24, 2.45) is 9.98 Å². The molecule has 2 aliphatic heterocycles. The summed E-state index contributed by atoms with van der Waals surface area (Å²) < 4.78 is 12.1. The molecule has 2 N–H and O–H groups in total. The van der Waals surface area contributed by atoms with E-state index < -0.39 is 0 Å². The quantitative estimate of drug-likeness (QED) is 0.538. The average Bonchev–Trinajstić information content (AvgIpc) is 3.56. The Balaban J connectivity index is 1.20. The van der Waals surface area contributed by atoms with Gasteiger partial charge >= 0.3 is 0 Å². The van der Waals surface area contributed by atoms with Crippen LogP contribution in [-0.2, 0) is 12.8 Å². The van der Waals surface area contributed by atoms with Gasteiger partial charge in [0.1, 0.15) is 34.4 Å². The molecule has 0 bridgehead atoms. The normalized spacial score (nSPS) is 16.0. The van der Waals surface area contributed by atoms with E-state index in [1.54, 1.807) is 0 Å². The van der Waals surface area contributed by atoms with Gasteiger partial charge in [0.15, 0.2) is 0 Å². The van der Waals surface area contributed by atoms with E-state index >= 15 is 0 Å². The summed E-state index contributed by atoms with van der Waals surface area (Å²) in [5.74, 6) is 3.86. The van der Waals surface area contributed by atoms with Crippen LogP contribution < -0.4 is 10.6 Å². The molecule has 2 aromatic heterocycles.